The Balaban J connectivity index is 1.78. The molecule has 0 atom stereocenters. The van der Waals surface area contributed by atoms with Gasteiger partial charge < -0.3 is 20.6 Å². The normalized spacial score (nSPS) is 21.6. The molecule has 1 aromatic rings. The van der Waals surface area contributed by atoms with Crippen LogP contribution in [0.15, 0.2) is 24.3 Å². The van der Waals surface area contributed by atoms with Crippen molar-refractivity contribution in [3.05, 3.63) is 24.3 Å². The SMILES string of the molecule is O=C1Nc2ccccc2NC12CCN(CCO)CC2. The molecule has 0 radical (unpaired) electrons. The minimum atomic E-state index is -0.486. The van der Waals surface area contributed by atoms with Crippen LogP contribution in [0.4, 0.5) is 11.4 Å². The molecule has 19 heavy (non-hydrogen) atoms. The largest absolute Gasteiger partial charge is 0.395 e. The number of likely N-dealkylation sites (tertiary alicyclic amines) is 1. The summed E-state index contributed by atoms with van der Waals surface area (Å²) in [7, 11) is 0. The number of rotatable bonds is 2. The first-order valence-electron chi connectivity index (χ1n) is 6.75. The van der Waals surface area contributed by atoms with Crippen LogP contribution < -0.4 is 10.6 Å². The number of benzene rings is 1. The van der Waals surface area contributed by atoms with E-state index in [-0.39, 0.29) is 12.5 Å². The third-order valence-electron chi connectivity index (χ3n) is 4.11. The number of carbonyl (C=O) groups is 1. The zero-order valence-electron chi connectivity index (χ0n) is 10.9. The van der Waals surface area contributed by atoms with Crippen molar-refractivity contribution in [2.24, 2.45) is 0 Å². The van der Waals surface area contributed by atoms with E-state index in [0.717, 1.165) is 37.3 Å². The Hall–Kier alpha value is -1.59. The van der Waals surface area contributed by atoms with Gasteiger partial charge in [-0.05, 0) is 25.0 Å². The van der Waals surface area contributed by atoms with E-state index >= 15 is 0 Å². The molecule has 1 fully saturated rings. The van der Waals surface area contributed by atoms with Gasteiger partial charge in [-0.15, -0.1) is 0 Å². The number of hydrogen-bond acceptors (Lipinski definition) is 4. The lowest BCUT2D eigenvalue weighted by atomic mass is 9.84. The fraction of sp³-hybridized carbons (Fsp3) is 0.500. The van der Waals surface area contributed by atoms with Gasteiger partial charge in [0.2, 0.25) is 5.91 Å². The second-order valence-corrected chi connectivity index (χ2v) is 5.27. The zero-order chi connectivity index (χ0) is 13.3. The number of fused-ring (bicyclic) bond motifs is 1. The molecule has 2 heterocycles. The number of anilines is 2. The molecule has 102 valence electrons. The summed E-state index contributed by atoms with van der Waals surface area (Å²) < 4.78 is 0. The summed E-state index contributed by atoms with van der Waals surface area (Å²) in [6.45, 7) is 2.54. The minimum absolute atomic E-state index is 0.0647. The first-order valence-corrected chi connectivity index (χ1v) is 6.75. The van der Waals surface area contributed by atoms with Gasteiger partial charge in [0.15, 0.2) is 0 Å². The number of aliphatic hydroxyl groups is 1. The number of hydrogen-bond donors (Lipinski definition) is 3. The van der Waals surface area contributed by atoms with Crippen LogP contribution in [0.1, 0.15) is 12.8 Å². The number of β-amino-alcohol motifs (C(OH)–C–C–N with tert-alkyl or cyclic N) is 1. The molecule has 0 bridgehead atoms. The Bertz CT molecular complexity index is 481. The Morgan fingerprint density at radius 3 is 2.58 bits per heavy atom. The van der Waals surface area contributed by atoms with Crippen molar-refractivity contribution >= 4 is 17.3 Å². The van der Waals surface area contributed by atoms with Crippen LogP contribution in [0.5, 0.6) is 0 Å². The topological polar surface area (TPSA) is 64.6 Å². The van der Waals surface area contributed by atoms with Crippen LogP contribution in [-0.2, 0) is 4.79 Å². The molecule has 1 spiro atoms. The van der Waals surface area contributed by atoms with E-state index in [1.54, 1.807) is 0 Å². The van der Waals surface area contributed by atoms with E-state index in [2.05, 4.69) is 15.5 Å². The second-order valence-electron chi connectivity index (χ2n) is 5.27. The lowest BCUT2D eigenvalue weighted by Gasteiger charge is -2.44. The third kappa shape index (κ3) is 2.19. The van der Waals surface area contributed by atoms with Crippen molar-refractivity contribution in [1.82, 2.24) is 4.90 Å². The maximum Gasteiger partial charge on any atom is 0.250 e. The lowest BCUT2D eigenvalue weighted by molar-refractivity contribution is -0.122. The first-order chi connectivity index (χ1) is 9.23. The second kappa shape index (κ2) is 4.83. The Kier molecular flexibility index (Phi) is 3.16. The fourth-order valence-electron chi connectivity index (χ4n) is 2.91. The summed E-state index contributed by atoms with van der Waals surface area (Å²) >= 11 is 0. The van der Waals surface area contributed by atoms with Crippen LogP contribution in [0.3, 0.4) is 0 Å². The average Bonchev–Trinajstić information content (AvgIpc) is 2.43. The van der Waals surface area contributed by atoms with Gasteiger partial charge in [0.25, 0.3) is 0 Å². The van der Waals surface area contributed by atoms with Gasteiger partial charge >= 0.3 is 0 Å². The van der Waals surface area contributed by atoms with Crippen LogP contribution in [0.2, 0.25) is 0 Å². The van der Waals surface area contributed by atoms with Gasteiger partial charge in [0, 0.05) is 19.6 Å². The number of carbonyl (C=O) groups excluding carboxylic acids is 1. The highest BCUT2D eigenvalue weighted by Crippen LogP contribution is 2.36. The predicted octanol–water partition coefficient (Wildman–Crippen LogP) is 0.877. The van der Waals surface area contributed by atoms with Crippen molar-refractivity contribution in [3.8, 4) is 0 Å². The molecule has 5 nitrogen and oxygen atoms in total. The summed E-state index contributed by atoms with van der Waals surface area (Å²) in [4.78, 5) is 14.6. The van der Waals surface area contributed by atoms with Gasteiger partial charge in [0.1, 0.15) is 5.54 Å². The summed E-state index contributed by atoms with van der Waals surface area (Å²) in [5.74, 6) is 0.0647. The first kappa shape index (κ1) is 12.4. The van der Waals surface area contributed by atoms with Gasteiger partial charge in [-0.3, -0.25) is 4.79 Å². The molecule has 2 aliphatic heterocycles. The number of nitrogens with one attached hydrogen (secondary N) is 2. The molecule has 0 saturated carbocycles. The molecule has 1 amide bonds. The number of nitrogens with zero attached hydrogens (tertiary/aromatic N) is 1. The molecule has 0 unspecified atom stereocenters. The van der Waals surface area contributed by atoms with E-state index in [9.17, 15) is 4.79 Å². The standard InChI is InChI=1S/C14H19N3O2/c18-10-9-17-7-5-14(6-8-17)13(19)15-11-3-1-2-4-12(11)16-14/h1-4,16,18H,5-10H2,(H,15,19). The van der Waals surface area contributed by atoms with Crippen molar-refractivity contribution in [1.29, 1.82) is 0 Å². The Morgan fingerprint density at radius 1 is 1.21 bits per heavy atom. The molecule has 3 rings (SSSR count). The number of aliphatic hydroxyl groups excluding tert-OH is 1. The van der Waals surface area contributed by atoms with E-state index in [4.69, 9.17) is 5.11 Å². The predicted molar refractivity (Wildman–Crippen MR) is 74.2 cm³/mol. The highest BCUT2D eigenvalue weighted by atomic mass is 16.3. The minimum Gasteiger partial charge on any atom is -0.395 e. The van der Waals surface area contributed by atoms with Gasteiger partial charge in [-0.25, -0.2) is 0 Å². The zero-order valence-corrected chi connectivity index (χ0v) is 10.9. The Morgan fingerprint density at radius 2 is 1.89 bits per heavy atom. The van der Waals surface area contributed by atoms with Gasteiger partial charge in [0.05, 0.1) is 18.0 Å². The maximum atomic E-state index is 12.4. The molecule has 1 aromatic carbocycles. The third-order valence-corrected chi connectivity index (χ3v) is 4.11. The monoisotopic (exact) mass is 261 g/mol. The van der Waals surface area contributed by atoms with E-state index in [1.165, 1.54) is 0 Å². The lowest BCUT2D eigenvalue weighted by Crippen LogP contribution is -2.58. The van der Waals surface area contributed by atoms with Crippen molar-refractivity contribution in [2.75, 3.05) is 36.9 Å². The van der Waals surface area contributed by atoms with Crippen LogP contribution in [0.25, 0.3) is 0 Å². The van der Waals surface area contributed by atoms with E-state index in [0.29, 0.717) is 6.54 Å². The smallest absolute Gasteiger partial charge is 0.250 e. The van der Waals surface area contributed by atoms with Crippen LogP contribution >= 0.6 is 0 Å². The molecule has 0 aromatic heterocycles. The van der Waals surface area contributed by atoms with E-state index < -0.39 is 5.54 Å². The number of piperidine rings is 1. The number of amides is 1. The molecular formula is C14H19N3O2. The van der Waals surface area contributed by atoms with Gasteiger partial charge in [-0.1, -0.05) is 12.1 Å². The van der Waals surface area contributed by atoms with Crippen LogP contribution in [-0.4, -0.2) is 47.7 Å². The Labute approximate surface area is 112 Å². The summed E-state index contributed by atoms with van der Waals surface area (Å²) in [6.07, 6.45) is 1.54. The average molecular weight is 261 g/mol. The molecule has 2 aliphatic rings. The fourth-order valence-corrected chi connectivity index (χ4v) is 2.91. The van der Waals surface area contributed by atoms with Crippen molar-refractivity contribution < 1.29 is 9.90 Å². The molecule has 0 aliphatic carbocycles. The van der Waals surface area contributed by atoms with Crippen LogP contribution in [0, 0.1) is 0 Å². The highest BCUT2D eigenvalue weighted by molar-refractivity contribution is 6.06. The van der Waals surface area contributed by atoms with Crippen molar-refractivity contribution in [2.45, 2.75) is 18.4 Å². The highest BCUT2D eigenvalue weighted by Gasteiger charge is 2.44. The molecule has 1 saturated heterocycles. The summed E-state index contributed by atoms with van der Waals surface area (Å²) in [5.41, 5.74) is 1.37. The summed E-state index contributed by atoms with van der Waals surface area (Å²) in [6, 6.07) is 7.80. The van der Waals surface area contributed by atoms with E-state index in [1.807, 2.05) is 24.3 Å². The molecular weight excluding hydrogens is 242 g/mol. The van der Waals surface area contributed by atoms with Gasteiger partial charge in [-0.2, -0.15) is 0 Å². The molecule has 3 N–H and O–H groups in total. The quantitative estimate of drug-likeness (QED) is 0.739. The maximum absolute atomic E-state index is 12.4. The number of para-hydroxylation sites is 2. The summed E-state index contributed by atoms with van der Waals surface area (Å²) in [5, 5.41) is 15.4. The van der Waals surface area contributed by atoms with Crippen molar-refractivity contribution in [3.63, 3.8) is 0 Å². The molecule has 5 heteroatoms.